The second kappa shape index (κ2) is 9.42. The van der Waals surface area contributed by atoms with Crippen LogP contribution in [-0.2, 0) is 11.3 Å². The molecule has 0 N–H and O–H groups in total. The van der Waals surface area contributed by atoms with Crippen molar-refractivity contribution >= 4 is 29.1 Å². The zero-order valence-corrected chi connectivity index (χ0v) is 17.6. The maximum atomic E-state index is 12.4. The van der Waals surface area contributed by atoms with Crippen LogP contribution in [0.2, 0.25) is 10.0 Å². The van der Waals surface area contributed by atoms with Gasteiger partial charge in [-0.15, -0.1) is 5.10 Å². The highest BCUT2D eigenvalue weighted by Crippen LogP contribution is 2.17. The summed E-state index contributed by atoms with van der Waals surface area (Å²) in [7, 11) is 0. The molecule has 0 spiro atoms. The predicted octanol–water partition coefficient (Wildman–Crippen LogP) is 2.69. The van der Waals surface area contributed by atoms with Gasteiger partial charge in [-0.25, -0.2) is 0 Å². The van der Waals surface area contributed by atoms with Crippen molar-refractivity contribution in [1.82, 2.24) is 30.0 Å². The maximum absolute atomic E-state index is 12.4. The van der Waals surface area contributed by atoms with Crippen LogP contribution in [0, 0.1) is 0 Å². The Balaban J connectivity index is 1.28. The molecule has 0 atom stereocenters. The third kappa shape index (κ3) is 5.08. The summed E-state index contributed by atoms with van der Waals surface area (Å²) in [5.41, 5.74) is 0.854. The number of ether oxygens (including phenoxy) is 1. The largest absolute Gasteiger partial charge is 0.484 e. The zero-order valence-electron chi connectivity index (χ0n) is 16.1. The van der Waals surface area contributed by atoms with Crippen LogP contribution in [0.1, 0.15) is 5.82 Å². The molecule has 10 heteroatoms. The third-order valence-corrected chi connectivity index (χ3v) is 5.38. The van der Waals surface area contributed by atoms with Crippen LogP contribution in [-0.4, -0.2) is 68.7 Å². The molecule has 4 rings (SSSR count). The molecular weight excluding hydrogens is 427 g/mol. The normalized spacial score (nSPS) is 14.7. The van der Waals surface area contributed by atoms with Crippen LogP contribution in [0.4, 0.5) is 0 Å². The first-order valence-corrected chi connectivity index (χ1v) is 10.3. The van der Waals surface area contributed by atoms with Crippen molar-refractivity contribution in [3.8, 4) is 11.4 Å². The second-order valence-corrected chi connectivity index (χ2v) is 7.76. The number of halogens is 2. The molecule has 1 amide bonds. The van der Waals surface area contributed by atoms with Crippen LogP contribution < -0.4 is 4.74 Å². The molecule has 0 radical (unpaired) electrons. The van der Waals surface area contributed by atoms with Gasteiger partial charge in [0.1, 0.15) is 5.75 Å². The number of piperazine rings is 1. The van der Waals surface area contributed by atoms with Crippen LogP contribution >= 0.6 is 23.2 Å². The molecule has 2 aromatic carbocycles. The number of amides is 1. The average molecular weight is 447 g/mol. The van der Waals surface area contributed by atoms with Crippen LogP contribution in [0.15, 0.2) is 48.5 Å². The maximum Gasteiger partial charge on any atom is 0.260 e. The van der Waals surface area contributed by atoms with Crippen molar-refractivity contribution in [2.24, 2.45) is 0 Å². The summed E-state index contributed by atoms with van der Waals surface area (Å²) >= 11 is 11.8. The Labute approximate surface area is 183 Å². The van der Waals surface area contributed by atoms with Crippen molar-refractivity contribution in [2.75, 3.05) is 32.8 Å². The van der Waals surface area contributed by atoms with Gasteiger partial charge in [-0.05, 0) is 59.0 Å². The molecule has 1 aliphatic heterocycles. The molecule has 1 fully saturated rings. The number of carbonyl (C=O) groups is 1. The van der Waals surface area contributed by atoms with Gasteiger partial charge in [-0.1, -0.05) is 23.2 Å². The minimum absolute atomic E-state index is 0.0104. The van der Waals surface area contributed by atoms with Gasteiger partial charge in [0.25, 0.3) is 5.91 Å². The number of tetrazole rings is 1. The molecule has 0 aliphatic carbocycles. The van der Waals surface area contributed by atoms with E-state index in [-0.39, 0.29) is 12.5 Å². The molecule has 0 bridgehead atoms. The van der Waals surface area contributed by atoms with E-state index in [4.69, 9.17) is 27.9 Å². The van der Waals surface area contributed by atoms with Crippen LogP contribution in [0.5, 0.6) is 5.75 Å². The van der Waals surface area contributed by atoms with Gasteiger partial charge in [-0.3, -0.25) is 9.69 Å². The van der Waals surface area contributed by atoms with Gasteiger partial charge >= 0.3 is 0 Å². The lowest BCUT2D eigenvalue weighted by atomic mass is 10.3. The molecule has 30 heavy (non-hydrogen) atoms. The van der Waals surface area contributed by atoms with Gasteiger partial charge < -0.3 is 9.64 Å². The number of aromatic nitrogens is 4. The lowest BCUT2D eigenvalue weighted by molar-refractivity contribution is -0.135. The monoisotopic (exact) mass is 446 g/mol. The molecule has 1 saturated heterocycles. The highest BCUT2D eigenvalue weighted by molar-refractivity contribution is 6.30. The van der Waals surface area contributed by atoms with Crippen LogP contribution in [0.3, 0.4) is 0 Å². The summed E-state index contributed by atoms with van der Waals surface area (Å²) in [6, 6.07) is 14.3. The Hall–Kier alpha value is -2.68. The van der Waals surface area contributed by atoms with E-state index in [0.717, 1.165) is 24.6 Å². The number of carbonyl (C=O) groups excluding carboxylic acids is 1. The molecule has 8 nitrogen and oxygen atoms in total. The molecular formula is C20H20Cl2N6O2. The number of rotatable bonds is 6. The zero-order chi connectivity index (χ0) is 20.9. The molecule has 1 aliphatic rings. The van der Waals surface area contributed by atoms with Crippen molar-refractivity contribution < 1.29 is 9.53 Å². The standard InChI is InChI=1S/C20H20Cl2N6O2/c21-15-1-5-17(6-2-15)28-19(23-24-25-28)13-26-9-11-27(12-10-26)20(29)14-30-18-7-3-16(22)4-8-18/h1-8H,9-14H2. The first-order valence-electron chi connectivity index (χ1n) is 9.50. The number of hydrogen-bond donors (Lipinski definition) is 0. The number of hydrogen-bond acceptors (Lipinski definition) is 6. The van der Waals surface area contributed by atoms with Gasteiger partial charge in [0.05, 0.1) is 12.2 Å². The quantitative estimate of drug-likeness (QED) is 0.579. The Kier molecular flexibility index (Phi) is 6.47. The first-order chi connectivity index (χ1) is 14.6. The minimum atomic E-state index is -0.0319. The molecule has 1 aromatic heterocycles. The molecule has 2 heterocycles. The second-order valence-electron chi connectivity index (χ2n) is 6.88. The lowest BCUT2D eigenvalue weighted by Crippen LogP contribution is -2.49. The number of nitrogens with zero attached hydrogens (tertiary/aromatic N) is 6. The first kappa shape index (κ1) is 20.6. The Morgan fingerprint density at radius 1 is 0.933 bits per heavy atom. The van der Waals surface area contributed by atoms with E-state index >= 15 is 0 Å². The highest BCUT2D eigenvalue weighted by atomic mass is 35.5. The Bertz CT molecular complexity index is 985. The van der Waals surface area contributed by atoms with E-state index in [9.17, 15) is 4.79 Å². The minimum Gasteiger partial charge on any atom is -0.484 e. The Morgan fingerprint density at radius 2 is 1.57 bits per heavy atom. The summed E-state index contributed by atoms with van der Waals surface area (Å²) in [5.74, 6) is 1.33. The van der Waals surface area contributed by atoms with Gasteiger partial charge in [0, 0.05) is 36.2 Å². The topological polar surface area (TPSA) is 76.4 Å². The fourth-order valence-electron chi connectivity index (χ4n) is 3.21. The Morgan fingerprint density at radius 3 is 2.23 bits per heavy atom. The molecule has 0 saturated carbocycles. The predicted molar refractivity (Wildman–Crippen MR) is 113 cm³/mol. The van der Waals surface area contributed by atoms with Crippen LogP contribution in [0.25, 0.3) is 5.69 Å². The van der Waals surface area contributed by atoms with Crippen molar-refractivity contribution in [1.29, 1.82) is 0 Å². The summed E-state index contributed by atoms with van der Waals surface area (Å²) < 4.78 is 7.26. The van der Waals surface area contributed by atoms with Crippen molar-refractivity contribution in [2.45, 2.75) is 6.54 Å². The lowest BCUT2D eigenvalue weighted by Gasteiger charge is -2.34. The molecule has 156 valence electrons. The summed E-state index contributed by atoms with van der Waals surface area (Å²) in [5, 5.41) is 13.3. The molecule has 3 aromatic rings. The smallest absolute Gasteiger partial charge is 0.260 e. The van der Waals surface area contributed by atoms with E-state index in [0.29, 0.717) is 35.4 Å². The fourth-order valence-corrected chi connectivity index (χ4v) is 3.46. The van der Waals surface area contributed by atoms with E-state index in [1.807, 2.05) is 17.0 Å². The van der Waals surface area contributed by atoms with E-state index in [1.54, 1.807) is 41.1 Å². The average Bonchev–Trinajstić information content (AvgIpc) is 3.22. The number of benzene rings is 2. The van der Waals surface area contributed by atoms with Gasteiger partial charge in [-0.2, -0.15) is 4.68 Å². The van der Waals surface area contributed by atoms with E-state index < -0.39 is 0 Å². The van der Waals surface area contributed by atoms with Crippen molar-refractivity contribution in [3.05, 3.63) is 64.4 Å². The highest BCUT2D eigenvalue weighted by Gasteiger charge is 2.23. The van der Waals surface area contributed by atoms with Gasteiger partial charge in [0.2, 0.25) is 0 Å². The third-order valence-electron chi connectivity index (χ3n) is 4.87. The molecule has 0 unspecified atom stereocenters. The van der Waals surface area contributed by atoms with E-state index in [2.05, 4.69) is 20.4 Å². The summed E-state index contributed by atoms with van der Waals surface area (Å²) in [6.45, 7) is 3.34. The fraction of sp³-hybridized carbons (Fsp3) is 0.300. The van der Waals surface area contributed by atoms with Crippen molar-refractivity contribution in [3.63, 3.8) is 0 Å². The summed E-state index contributed by atoms with van der Waals surface area (Å²) in [4.78, 5) is 16.5. The van der Waals surface area contributed by atoms with Gasteiger partial charge in [0.15, 0.2) is 12.4 Å². The van der Waals surface area contributed by atoms with E-state index in [1.165, 1.54) is 0 Å². The summed E-state index contributed by atoms with van der Waals surface area (Å²) in [6.07, 6.45) is 0. The SMILES string of the molecule is O=C(COc1ccc(Cl)cc1)N1CCN(Cc2nnnn2-c2ccc(Cl)cc2)CC1.